The zero-order valence-electron chi connectivity index (χ0n) is 12.1. The van der Waals surface area contributed by atoms with E-state index in [-0.39, 0.29) is 5.91 Å². The molecular weight excluding hydrogens is 268 g/mol. The summed E-state index contributed by atoms with van der Waals surface area (Å²) in [6.45, 7) is 5.16. The average Bonchev–Trinajstić information content (AvgIpc) is 3.20. The predicted molar refractivity (Wildman–Crippen MR) is 85.6 cm³/mol. The monoisotopic (exact) mass is 290 g/mol. The Morgan fingerprint density at radius 3 is 2.40 bits per heavy atom. The van der Waals surface area contributed by atoms with E-state index in [0.29, 0.717) is 23.4 Å². The third-order valence-corrected chi connectivity index (χ3v) is 3.70. The number of amides is 1. The van der Waals surface area contributed by atoms with Crippen molar-refractivity contribution in [1.82, 2.24) is 4.90 Å². The lowest BCUT2D eigenvalue weighted by atomic mass is 10.1. The third kappa shape index (κ3) is 4.04. The predicted octanol–water partition coefficient (Wildman–Crippen LogP) is 2.51. The minimum Gasteiger partial charge on any atom is -0.389 e. The molecule has 1 aliphatic carbocycles. The number of nitrogens with zero attached hydrogens (tertiary/aromatic N) is 1. The van der Waals surface area contributed by atoms with Gasteiger partial charge in [-0.2, -0.15) is 0 Å². The van der Waals surface area contributed by atoms with Gasteiger partial charge in [-0.3, -0.25) is 4.79 Å². The first kappa shape index (κ1) is 15.0. The molecule has 0 atom stereocenters. The third-order valence-electron chi connectivity index (χ3n) is 3.46. The second-order valence-corrected chi connectivity index (χ2v) is 6.35. The van der Waals surface area contributed by atoms with Gasteiger partial charge in [-0.05, 0) is 24.3 Å². The van der Waals surface area contributed by atoms with E-state index in [4.69, 9.17) is 18.0 Å². The fourth-order valence-electron chi connectivity index (χ4n) is 2.30. The van der Waals surface area contributed by atoms with Crippen molar-refractivity contribution in [2.75, 3.05) is 6.54 Å². The van der Waals surface area contributed by atoms with Crippen LogP contribution in [0.25, 0.3) is 0 Å². The largest absolute Gasteiger partial charge is 0.389 e. The molecule has 4 heteroatoms. The van der Waals surface area contributed by atoms with Gasteiger partial charge in [-0.25, -0.2) is 0 Å². The number of rotatable bonds is 6. The van der Waals surface area contributed by atoms with Crippen LogP contribution < -0.4 is 5.73 Å². The normalized spacial score (nSPS) is 14.3. The van der Waals surface area contributed by atoms with Crippen molar-refractivity contribution in [3.63, 3.8) is 0 Å². The van der Waals surface area contributed by atoms with Gasteiger partial charge in [0.2, 0.25) is 5.91 Å². The van der Waals surface area contributed by atoms with Gasteiger partial charge in [0, 0.05) is 18.2 Å². The molecule has 0 aliphatic heterocycles. The van der Waals surface area contributed by atoms with Crippen LogP contribution in [0.5, 0.6) is 0 Å². The molecule has 0 aromatic heterocycles. The van der Waals surface area contributed by atoms with Crippen LogP contribution in [0.15, 0.2) is 24.3 Å². The Hall–Kier alpha value is -1.42. The van der Waals surface area contributed by atoms with Gasteiger partial charge in [-0.1, -0.05) is 50.3 Å². The molecule has 1 aromatic rings. The highest BCUT2D eigenvalue weighted by Gasteiger charge is 2.32. The molecule has 1 fully saturated rings. The van der Waals surface area contributed by atoms with Crippen LogP contribution >= 0.6 is 12.2 Å². The number of carbonyl (C=O) groups excluding carboxylic acids is 1. The number of benzene rings is 1. The summed E-state index contributed by atoms with van der Waals surface area (Å²) in [6.07, 6.45) is 2.76. The van der Waals surface area contributed by atoms with Crippen LogP contribution in [0.4, 0.5) is 0 Å². The fourth-order valence-corrected chi connectivity index (χ4v) is 2.43. The van der Waals surface area contributed by atoms with Gasteiger partial charge in [0.05, 0.1) is 6.42 Å². The molecule has 108 valence electrons. The number of hydrogen-bond donors (Lipinski definition) is 1. The summed E-state index contributed by atoms with van der Waals surface area (Å²) in [7, 11) is 0. The summed E-state index contributed by atoms with van der Waals surface area (Å²) >= 11 is 4.93. The molecule has 1 saturated carbocycles. The first-order valence-electron chi connectivity index (χ1n) is 7.15. The Bertz CT molecular complexity index is 492. The van der Waals surface area contributed by atoms with Crippen LogP contribution in [-0.2, 0) is 11.2 Å². The van der Waals surface area contributed by atoms with E-state index < -0.39 is 0 Å². The summed E-state index contributed by atoms with van der Waals surface area (Å²) < 4.78 is 0. The van der Waals surface area contributed by atoms with E-state index in [2.05, 4.69) is 13.8 Å². The van der Waals surface area contributed by atoms with Gasteiger partial charge in [0.15, 0.2) is 0 Å². The van der Waals surface area contributed by atoms with Crippen molar-refractivity contribution in [3.05, 3.63) is 35.4 Å². The first-order chi connectivity index (χ1) is 9.47. The van der Waals surface area contributed by atoms with E-state index >= 15 is 0 Å². The Labute approximate surface area is 126 Å². The fraction of sp³-hybridized carbons (Fsp3) is 0.500. The van der Waals surface area contributed by atoms with Crippen LogP contribution in [0.2, 0.25) is 0 Å². The van der Waals surface area contributed by atoms with Crippen LogP contribution in [0, 0.1) is 5.92 Å². The minimum atomic E-state index is 0.226. The van der Waals surface area contributed by atoms with Gasteiger partial charge < -0.3 is 10.6 Å². The van der Waals surface area contributed by atoms with E-state index in [1.165, 1.54) is 0 Å². The summed E-state index contributed by atoms with van der Waals surface area (Å²) in [5, 5.41) is 0. The topological polar surface area (TPSA) is 46.3 Å². The molecule has 0 saturated heterocycles. The summed E-state index contributed by atoms with van der Waals surface area (Å²) in [6, 6.07) is 8.12. The van der Waals surface area contributed by atoms with Crippen molar-refractivity contribution in [1.29, 1.82) is 0 Å². The van der Waals surface area contributed by atoms with E-state index in [1.54, 1.807) is 0 Å². The molecule has 0 radical (unpaired) electrons. The number of hydrogen-bond acceptors (Lipinski definition) is 2. The summed E-state index contributed by atoms with van der Waals surface area (Å²) in [5.41, 5.74) is 7.44. The zero-order valence-corrected chi connectivity index (χ0v) is 13.0. The Morgan fingerprint density at radius 2 is 1.95 bits per heavy atom. The molecule has 0 bridgehead atoms. The SMILES string of the molecule is CC(C)CN(C(=O)Cc1ccc(C(N)=S)cc1)C1CC1. The van der Waals surface area contributed by atoms with Crippen molar-refractivity contribution < 1.29 is 4.79 Å². The smallest absolute Gasteiger partial charge is 0.227 e. The first-order valence-corrected chi connectivity index (χ1v) is 7.56. The maximum atomic E-state index is 12.4. The van der Waals surface area contributed by atoms with Gasteiger partial charge in [0.25, 0.3) is 0 Å². The molecule has 1 aromatic carbocycles. The molecule has 0 unspecified atom stereocenters. The second-order valence-electron chi connectivity index (χ2n) is 5.91. The van der Waals surface area contributed by atoms with E-state index in [9.17, 15) is 4.79 Å². The molecule has 1 amide bonds. The van der Waals surface area contributed by atoms with Gasteiger partial charge >= 0.3 is 0 Å². The van der Waals surface area contributed by atoms with Crippen LogP contribution in [0.3, 0.4) is 0 Å². The lowest BCUT2D eigenvalue weighted by Gasteiger charge is -2.24. The van der Waals surface area contributed by atoms with E-state index in [0.717, 1.165) is 30.5 Å². The zero-order chi connectivity index (χ0) is 14.7. The molecule has 20 heavy (non-hydrogen) atoms. The number of thiocarbonyl (C=S) groups is 1. The Kier molecular flexibility index (Phi) is 4.76. The van der Waals surface area contributed by atoms with Gasteiger partial charge in [0.1, 0.15) is 4.99 Å². The maximum absolute atomic E-state index is 12.4. The summed E-state index contributed by atoms with van der Waals surface area (Å²) in [4.78, 5) is 14.9. The molecule has 0 spiro atoms. The summed E-state index contributed by atoms with van der Waals surface area (Å²) in [5.74, 6) is 0.737. The van der Waals surface area contributed by atoms with Crippen molar-refractivity contribution in [2.24, 2.45) is 11.7 Å². The van der Waals surface area contributed by atoms with Crippen molar-refractivity contribution in [3.8, 4) is 0 Å². The highest BCUT2D eigenvalue weighted by Crippen LogP contribution is 2.28. The standard InChI is InChI=1S/C16H22N2OS/c1-11(2)10-18(14-7-8-14)15(19)9-12-3-5-13(6-4-12)16(17)20/h3-6,11,14H,7-10H2,1-2H3,(H2,17,20). The van der Waals surface area contributed by atoms with Crippen molar-refractivity contribution >= 4 is 23.1 Å². The Morgan fingerprint density at radius 1 is 1.35 bits per heavy atom. The molecule has 1 aliphatic rings. The number of carbonyl (C=O) groups is 1. The van der Waals surface area contributed by atoms with Crippen LogP contribution in [0.1, 0.15) is 37.8 Å². The lowest BCUT2D eigenvalue weighted by Crippen LogP contribution is -2.37. The quantitative estimate of drug-likeness (QED) is 0.819. The maximum Gasteiger partial charge on any atom is 0.227 e. The molecule has 2 N–H and O–H groups in total. The molecule has 2 rings (SSSR count). The Balaban J connectivity index is 2.00. The van der Waals surface area contributed by atoms with E-state index in [1.807, 2.05) is 29.2 Å². The highest BCUT2D eigenvalue weighted by molar-refractivity contribution is 7.80. The van der Waals surface area contributed by atoms with Gasteiger partial charge in [-0.15, -0.1) is 0 Å². The highest BCUT2D eigenvalue weighted by atomic mass is 32.1. The molecular formula is C16H22N2OS. The molecule has 3 nitrogen and oxygen atoms in total. The lowest BCUT2D eigenvalue weighted by molar-refractivity contribution is -0.131. The minimum absolute atomic E-state index is 0.226. The average molecular weight is 290 g/mol. The second kappa shape index (κ2) is 6.35. The van der Waals surface area contributed by atoms with Crippen LogP contribution in [-0.4, -0.2) is 28.4 Å². The molecule has 0 heterocycles. The number of nitrogens with two attached hydrogens (primary N) is 1. The van der Waals surface area contributed by atoms with Crippen molar-refractivity contribution in [2.45, 2.75) is 39.2 Å².